The van der Waals surface area contributed by atoms with E-state index in [1.165, 1.54) is 5.56 Å². The Hall–Kier alpha value is -3.80. The number of allylic oxidation sites excluding steroid dienone is 1. The van der Waals surface area contributed by atoms with E-state index >= 15 is 0 Å². The molecule has 6 heteroatoms. The molecule has 0 bridgehead atoms. The molecule has 186 valence electrons. The molecule has 0 aliphatic rings. The van der Waals surface area contributed by atoms with E-state index in [0.29, 0.717) is 11.5 Å². The van der Waals surface area contributed by atoms with Crippen LogP contribution in [0.5, 0.6) is 0 Å². The SMILES string of the molecule is C=C(Nc1ccc(NC(=O)NC(/C=C(\C)C(C)(C)C)=NC)cc1)c1cc2cc(C)ccc2[nH]1.CC. The second-order valence-corrected chi connectivity index (χ2v) is 9.22. The first kappa shape index (κ1) is 27.4. The molecular formula is C29H39N5O. The van der Waals surface area contributed by atoms with Crippen LogP contribution in [0, 0.1) is 12.3 Å². The minimum atomic E-state index is -0.341. The van der Waals surface area contributed by atoms with Crippen molar-refractivity contribution in [3.05, 3.63) is 78.0 Å². The predicted molar refractivity (Wildman–Crippen MR) is 152 cm³/mol. The molecule has 0 fully saturated rings. The molecule has 0 atom stereocenters. The topological polar surface area (TPSA) is 81.3 Å². The van der Waals surface area contributed by atoms with Crippen LogP contribution in [0.2, 0.25) is 0 Å². The Labute approximate surface area is 209 Å². The van der Waals surface area contributed by atoms with Gasteiger partial charge in [0, 0.05) is 29.3 Å². The van der Waals surface area contributed by atoms with E-state index in [1.54, 1.807) is 7.05 Å². The first-order chi connectivity index (χ1) is 16.5. The Balaban J connectivity index is 0.00000210. The molecule has 35 heavy (non-hydrogen) atoms. The number of aliphatic imine (C=N–C) groups is 1. The van der Waals surface area contributed by atoms with Crippen LogP contribution >= 0.6 is 0 Å². The molecule has 2 aromatic carbocycles. The summed E-state index contributed by atoms with van der Waals surface area (Å²) < 4.78 is 0. The van der Waals surface area contributed by atoms with Gasteiger partial charge in [-0.3, -0.25) is 10.3 Å². The van der Waals surface area contributed by atoms with Crippen LogP contribution in [0.15, 0.2) is 71.8 Å². The zero-order valence-corrected chi connectivity index (χ0v) is 22.3. The molecule has 3 rings (SSSR count). The minimum Gasteiger partial charge on any atom is -0.354 e. The number of hydrogen-bond donors (Lipinski definition) is 4. The van der Waals surface area contributed by atoms with Crippen molar-refractivity contribution in [2.45, 2.75) is 48.5 Å². The number of amides is 2. The van der Waals surface area contributed by atoms with Crippen molar-refractivity contribution in [3.8, 4) is 0 Å². The smallest absolute Gasteiger partial charge is 0.324 e. The first-order valence-corrected chi connectivity index (χ1v) is 11.9. The number of benzene rings is 2. The second kappa shape index (κ2) is 12.1. The van der Waals surface area contributed by atoms with E-state index in [9.17, 15) is 4.79 Å². The van der Waals surface area contributed by atoms with E-state index in [-0.39, 0.29) is 11.4 Å². The minimum absolute atomic E-state index is 0.00667. The summed E-state index contributed by atoms with van der Waals surface area (Å²) >= 11 is 0. The van der Waals surface area contributed by atoms with E-state index < -0.39 is 0 Å². The van der Waals surface area contributed by atoms with Crippen LogP contribution in [0.3, 0.4) is 0 Å². The van der Waals surface area contributed by atoms with Crippen LogP contribution in [-0.2, 0) is 0 Å². The van der Waals surface area contributed by atoms with Gasteiger partial charge < -0.3 is 15.6 Å². The van der Waals surface area contributed by atoms with E-state index in [2.05, 4.69) is 84.5 Å². The standard InChI is InChI=1S/C27H33N5O.C2H6/c1-17-8-13-23-20(14-17)16-24(31-23)19(3)29-21-9-11-22(12-10-21)30-26(33)32-25(28-7)15-18(2)27(4,5)6;1-2/h8-16,29,31H,3H2,1-2,4-7H3,(H2,28,30,32,33);1-2H3/b18-15+;. The number of urea groups is 1. The maximum atomic E-state index is 12.4. The Kier molecular flexibility index (Phi) is 9.46. The van der Waals surface area contributed by atoms with Gasteiger partial charge in [-0.15, -0.1) is 0 Å². The van der Waals surface area contributed by atoms with Gasteiger partial charge in [0.25, 0.3) is 0 Å². The largest absolute Gasteiger partial charge is 0.354 e. The van der Waals surface area contributed by atoms with Gasteiger partial charge in [0.05, 0.1) is 11.4 Å². The third kappa shape index (κ3) is 7.88. The average Bonchev–Trinajstić information content (AvgIpc) is 3.24. The molecule has 1 heterocycles. The summed E-state index contributed by atoms with van der Waals surface area (Å²) in [4.78, 5) is 20.0. The number of nitrogens with zero attached hydrogens (tertiary/aromatic N) is 1. The predicted octanol–water partition coefficient (Wildman–Crippen LogP) is 7.73. The number of carbonyl (C=O) groups is 1. The number of carbonyl (C=O) groups excluding carboxylic acids is 1. The highest BCUT2D eigenvalue weighted by molar-refractivity contribution is 6.08. The monoisotopic (exact) mass is 473 g/mol. The number of aromatic amines is 1. The molecule has 0 radical (unpaired) electrons. The van der Waals surface area contributed by atoms with Gasteiger partial charge in [-0.1, -0.05) is 58.4 Å². The number of aromatic nitrogens is 1. The first-order valence-electron chi connectivity index (χ1n) is 11.9. The molecule has 0 aliphatic carbocycles. The third-order valence-corrected chi connectivity index (χ3v) is 5.56. The maximum Gasteiger partial charge on any atom is 0.324 e. The van der Waals surface area contributed by atoms with Gasteiger partial charge in [0.15, 0.2) is 0 Å². The lowest BCUT2D eigenvalue weighted by Crippen LogP contribution is -2.33. The van der Waals surface area contributed by atoms with Crippen molar-refractivity contribution in [1.29, 1.82) is 0 Å². The van der Waals surface area contributed by atoms with Crippen molar-refractivity contribution < 1.29 is 4.79 Å². The normalized spacial score (nSPS) is 12.0. The van der Waals surface area contributed by atoms with E-state index in [4.69, 9.17) is 0 Å². The summed E-state index contributed by atoms with van der Waals surface area (Å²) in [5.41, 5.74) is 6.69. The average molecular weight is 474 g/mol. The van der Waals surface area contributed by atoms with E-state index in [0.717, 1.165) is 33.6 Å². The number of H-pyrrole nitrogens is 1. The number of amidine groups is 1. The van der Waals surface area contributed by atoms with Crippen molar-refractivity contribution in [2.75, 3.05) is 17.7 Å². The highest BCUT2D eigenvalue weighted by atomic mass is 16.2. The third-order valence-electron chi connectivity index (χ3n) is 5.56. The molecule has 0 saturated carbocycles. The fourth-order valence-electron chi connectivity index (χ4n) is 3.15. The van der Waals surface area contributed by atoms with Crippen LogP contribution in [0.1, 0.15) is 52.8 Å². The van der Waals surface area contributed by atoms with Crippen molar-refractivity contribution >= 4 is 39.8 Å². The molecule has 0 aliphatic heterocycles. The lowest BCUT2D eigenvalue weighted by Gasteiger charge is -2.20. The number of nitrogens with one attached hydrogen (secondary N) is 4. The highest BCUT2D eigenvalue weighted by Crippen LogP contribution is 2.25. The fraction of sp³-hybridized carbons (Fsp3) is 0.310. The molecule has 4 N–H and O–H groups in total. The van der Waals surface area contributed by atoms with Crippen molar-refractivity contribution in [1.82, 2.24) is 10.3 Å². The van der Waals surface area contributed by atoms with Crippen LogP contribution in [0.4, 0.5) is 16.2 Å². The molecule has 0 unspecified atom stereocenters. The molecular weight excluding hydrogens is 434 g/mol. The fourth-order valence-corrected chi connectivity index (χ4v) is 3.15. The van der Waals surface area contributed by atoms with Gasteiger partial charge in [-0.05, 0) is 67.8 Å². The zero-order valence-electron chi connectivity index (χ0n) is 22.3. The molecule has 2 amide bonds. The van der Waals surface area contributed by atoms with Gasteiger partial charge >= 0.3 is 6.03 Å². The Bertz CT molecular complexity index is 1220. The molecule has 0 spiro atoms. The van der Waals surface area contributed by atoms with E-state index in [1.807, 2.05) is 51.1 Å². The van der Waals surface area contributed by atoms with Crippen molar-refractivity contribution in [3.63, 3.8) is 0 Å². The Morgan fingerprint density at radius 2 is 1.60 bits per heavy atom. The lowest BCUT2D eigenvalue weighted by atomic mass is 9.87. The number of hydrogen-bond acceptors (Lipinski definition) is 3. The zero-order chi connectivity index (χ0) is 26.2. The second-order valence-electron chi connectivity index (χ2n) is 9.22. The highest BCUT2D eigenvalue weighted by Gasteiger charge is 2.14. The van der Waals surface area contributed by atoms with Gasteiger partial charge in [0.1, 0.15) is 5.84 Å². The quantitative estimate of drug-likeness (QED) is 0.226. The van der Waals surface area contributed by atoms with Crippen molar-refractivity contribution in [2.24, 2.45) is 10.4 Å². The van der Waals surface area contributed by atoms with Gasteiger partial charge in [0.2, 0.25) is 0 Å². The number of fused-ring (bicyclic) bond motifs is 1. The van der Waals surface area contributed by atoms with Gasteiger partial charge in [-0.2, -0.15) is 0 Å². The summed E-state index contributed by atoms with van der Waals surface area (Å²) in [5.74, 6) is 0.517. The summed E-state index contributed by atoms with van der Waals surface area (Å²) in [6.07, 6.45) is 1.89. The summed E-state index contributed by atoms with van der Waals surface area (Å²) in [6.45, 7) is 18.6. The summed E-state index contributed by atoms with van der Waals surface area (Å²) in [5, 5.41) is 10.1. The van der Waals surface area contributed by atoms with Crippen LogP contribution in [0.25, 0.3) is 16.6 Å². The summed E-state index contributed by atoms with van der Waals surface area (Å²) in [7, 11) is 1.66. The van der Waals surface area contributed by atoms with Crippen LogP contribution in [-0.4, -0.2) is 23.9 Å². The maximum absolute atomic E-state index is 12.4. The summed E-state index contributed by atoms with van der Waals surface area (Å²) in [6, 6.07) is 15.5. The molecule has 3 aromatic rings. The number of rotatable bonds is 5. The molecule has 1 aromatic heterocycles. The van der Waals surface area contributed by atoms with Gasteiger partial charge in [-0.25, -0.2) is 4.79 Å². The molecule has 0 saturated heterocycles. The number of anilines is 2. The Morgan fingerprint density at radius 1 is 1.00 bits per heavy atom. The lowest BCUT2D eigenvalue weighted by molar-refractivity contribution is 0.256. The molecule has 6 nitrogen and oxygen atoms in total. The van der Waals surface area contributed by atoms with Crippen LogP contribution < -0.4 is 16.0 Å². The number of aryl methyl sites for hydroxylation is 1. The Morgan fingerprint density at radius 3 is 2.17 bits per heavy atom.